The summed E-state index contributed by atoms with van der Waals surface area (Å²) in [6.45, 7) is 5.78. The van der Waals surface area contributed by atoms with Crippen LogP contribution in [0.5, 0.6) is 0 Å². The quantitative estimate of drug-likeness (QED) is 0.735. The van der Waals surface area contributed by atoms with Crippen LogP contribution in [0.3, 0.4) is 0 Å². The normalized spacial score (nSPS) is 27.1. The lowest BCUT2D eigenvalue weighted by atomic mass is 10.0. The number of thiazole rings is 1. The van der Waals surface area contributed by atoms with Gasteiger partial charge in [-0.3, -0.25) is 0 Å². The topological polar surface area (TPSA) is 36.0 Å². The van der Waals surface area contributed by atoms with Gasteiger partial charge in [-0.15, -0.1) is 21.6 Å². The zero-order valence-corrected chi connectivity index (χ0v) is 11.5. The van der Waals surface area contributed by atoms with Gasteiger partial charge in [-0.2, -0.15) is 0 Å². The van der Waals surface area contributed by atoms with E-state index in [0.717, 1.165) is 20.3 Å². The van der Waals surface area contributed by atoms with Gasteiger partial charge < -0.3 is 0 Å². The molecule has 0 spiro atoms. The van der Waals surface area contributed by atoms with Crippen molar-refractivity contribution >= 4 is 21.6 Å². The molecule has 93 valence electrons. The molecule has 18 heavy (non-hydrogen) atoms. The maximum Gasteiger partial charge on any atom is 0.120 e. The number of hydrogen-bond donors (Lipinski definition) is 0. The Bertz CT molecular complexity index is 599. The molecule has 0 saturated carbocycles. The molecule has 0 N–H and O–H groups in total. The summed E-state index contributed by atoms with van der Waals surface area (Å²) < 4.78 is 1.13. The number of benzene rings is 1. The minimum absolute atomic E-state index is 0.466. The zero-order chi connectivity index (χ0) is 13.0. The van der Waals surface area contributed by atoms with Crippen molar-refractivity contribution in [1.82, 2.24) is 10.0 Å². The van der Waals surface area contributed by atoms with Crippen LogP contribution < -0.4 is 0 Å². The second kappa shape index (κ2) is 3.63. The van der Waals surface area contributed by atoms with Crippen molar-refractivity contribution in [3.63, 3.8) is 0 Å². The highest BCUT2D eigenvalue weighted by Gasteiger charge is 2.47. The van der Waals surface area contributed by atoms with Crippen LogP contribution in [0.4, 0.5) is 0 Å². The van der Waals surface area contributed by atoms with Crippen LogP contribution in [0, 0.1) is 0 Å². The first-order valence-electron chi connectivity index (χ1n) is 5.97. The van der Waals surface area contributed by atoms with Crippen molar-refractivity contribution in [3.05, 3.63) is 41.4 Å². The predicted molar refractivity (Wildman–Crippen MR) is 72.7 cm³/mol. The van der Waals surface area contributed by atoms with Crippen molar-refractivity contribution in [2.24, 2.45) is 0 Å². The van der Waals surface area contributed by atoms with Crippen molar-refractivity contribution in [1.29, 1.82) is 0 Å². The number of rotatable bonds is 1. The van der Waals surface area contributed by atoms with Gasteiger partial charge in [-0.25, -0.2) is 4.98 Å². The van der Waals surface area contributed by atoms with E-state index >= 15 is 0 Å². The van der Waals surface area contributed by atoms with Gasteiger partial charge in [0.05, 0.1) is 15.8 Å². The molecule has 1 unspecified atom stereocenters. The number of aromatic nitrogens is 1. The largest absolute Gasteiger partial charge is 0.239 e. The molecule has 0 aliphatic carbocycles. The molecular formula is C14H15N2OS. The highest BCUT2D eigenvalue weighted by atomic mass is 32.1. The van der Waals surface area contributed by atoms with Crippen molar-refractivity contribution in [2.75, 3.05) is 0 Å². The molecule has 1 atom stereocenters. The summed E-state index contributed by atoms with van der Waals surface area (Å²) in [4.78, 5) is 4.61. The van der Waals surface area contributed by atoms with Crippen LogP contribution >= 0.6 is 11.3 Å². The molecule has 3 nitrogen and oxygen atoms in total. The molecule has 1 radical (unpaired) electrons. The minimum atomic E-state index is -0.646. The van der Waals surface area contributed by atoms with Gasteiger partial charge in [0.25, 0.3) is 0 Å². The van der Waals surface area contributed by atoms with Gasteiger partial charge in [-0.1, -0.05) is 24.3 Å². The highest BCUT2D eigenvalue weighted by molar-refractivity contribution is 7.18. The first-order chi connectivity index (χ1) is 8.43. The molecule has 1 aliphatic rings. The van der Waals surface area contributed by atoms with Crippen LogP contribution in [0.25, 0.3) is 10.2 Å². The van der Waals surface area contributed by atoms with Gasteiger partial charge in [0.15, 0.2) is 0 Å². The minimum Gasteiger partial charge on any atom is -0.239 e. The Morgan fingerprint density at radius 2 is 1.89 bits per heavy atom. The van der Waals surface area contributed by atoms with E-state index < -0.39 is 11.1 Å². The molecule has 0 bridgehead atoms. The second-order valence-corrected chi connectivity index (χ2v) is 6.45. The van der Waals surface area contributed by atoms with Gasteiger partial charge in [0, 0.05) is 0 Å². The third-order valence-electron chi connectivity index (χ3n) is 3.49. The number of nitrogens with zero attached hydrogens (tertiary/aromatic N) is 2. The first-order valence-corrected chi connectivity index (χ1v) is 6.79. The third-order valence-corrected chi connectivity index (χ3v) is 4.75. The Balaban J connectivity index is 2.12. The van der Waals surface area contributed by atoms with E-state index in [0.29, 0.717) is 0 Å². The predicted octanol–water partition coefficient (Wildman–Crippen LogP) is 3.51. The number of hydroxylamine groups is 2. The van der Waals surface area contributed by atoms with Gasteiger partial charge >= 0.3 is 0 Å². The Labute approximate surface area is 110 Å². The summed E-state index contributed by atoms with van der Waals surface area (Å²) in [5.41, 5.74) is -0.148. The Hall–Kier alpha value is -1.23. The Morgan fingerprint density at radius 1 is 1.17 bits per heavy atom. The van der Waals surface area contributed by atoms with E-state index in [9.17, 15) is 5.21 Å². The molecule has 0 amide bonds. The van der Waals surface area contributed by atoms with Gasteiger partial charge in [0.2, 0.25) is 0 Å². The summed E-state index contributed by atoms with van der Waals surface area (Å²) in [5.74, 6) is 0. The molecule has 3 rings (SSSR count). The Kier molecular flexibility index (Phi) is 2.39. The lowest BCUT2D eigenvalue weighted by molar-refractivity contribution is -0.244. The van der Waals surface area contributed by atoms with Crippen LogP contribution in [0.15, 0.2) is 36.4 Å². The van der Waals surface area contributed by atoms with Crippen LogP contribution in [-0.4, -0.2) is 15.6 Å². The van der Waals surface area contributed by atoms with E-state index in [1.807, 2.05) is 57.2 Å². The maximum absolute atomic E-state index is 12.4. The molecule has 1 aliphatic heterocycles. The van der Waals surface area contributed by atoms with E-state index in [2.05, 4.69) is 4.98 Å². The van der Waals surface area contributed by atoms with E-state index in [4.69, 9.17) is 0 Å². The lowest BCUT2D eigenvalue weighted by Crippen LogP contribution is -2.45. The Morgan fingerprint density at radius 3 is 2.50 bits per heavy atom. The molecule has 4 heteroatoms. The fourth-order valence-corrected chi connectivity index (χ4v) is 3.42. The molecule has 0 saturated heterocycles. The van der Waals surface area contributed by atoms with Crippen LogP contribution in [0.1, 0.15) is 25.8 Å². The number of fused-ring (bicyclic) bond motifs is 1. The second-order valence-electron chi connectivity index (χ2n) is 5.42. The fourth-order valence-electron chi connectivity index (χ4n) is 2.35. The zero-order valence-electron chi connectivity index (χ0n) is 10.7. The van der Waals surface area contributed by atoms with Crippen LogP contribution in [-0.2, 0) is 10.7 Å². The number of para-hydroxylation sites is 1. The molecule has 1 aromatic carbocycles. The summed E-state index contributed by atoms with van der Waals surface area (Å²) in [6.07, 6.45) is 3.93. The van der Waals surface area contributed by atoms with Crippen molar-refractivity contribution < 1.29 is 5.21 Å². The lowest BCUT2D eigenvalue weighted by Gasteiger charge is -2.33. The summed E-state index contributed by atoms with van der Waals surface area (Å²) in [5, 5.41) is 14.4. The summed E-state index contributed by atoms with van der Waals surface area (Å²) >= 11 is 1.59. The molecule has 2 aromatic rings. The molecule has 1 aromatic heterocycles. The average molecular weight is 259 g/mol. The van der Waals surface area contributed by atoms with E-state index in [1.54, 1.807) is 11.3 Å². The summed E-state index contributed by atoms with van der Waals surface area (Å²) in [7, 11) is 0. The highest BCUT2D eigenvalue weighted by Crippen LogP contribution is 2.42. The maximum atomic E-state index is 12.4. The van der Waals surface area contributed by atoms with Gasteiger partial charge in [-0.05, 0) is 32.9 Å². The first kappa shape index (κ1) is 11.8. The van der Waals surface area contributed by atoms with Crippen molar-refractivity contribution in [3.8, 4) is 0 Å². The van der Waals surface area contributed by atoms with Gasteiger partial charge in [0.1, 0.15) is 10.5 Å². The molecule has 0 fully saturated rings. The molecular weight excluding hydrogens is 244 g/mol. The van der Waals surface area contributed by atoms with E-state index in [-0.39, 0.29) is 0 Å². The average Bonchev–Trinajstić information content (AvgIpc) is 2.86. The fraction of sp³-hybridized carbons (Fsp3) is 0.357. The van der Waals surface area contributed by atoms with Crippen LogP contribution in [0.2, 0.25) is 0 Å². The monoisotopic (exact) mass is 259 g/mol. The smallest absolute Gasteiger partial charge is 0.120 e. The third kappa shape index (κ3) is 1.53. The SMILES string of the molecule is CC1(C)C=CC(C)(c2nc3ccccc3s2)N1[O]. The van der Waals surface area contributed by atoms with Crippen molar-refractivity contribution in [2.45, 2.75) is 31.8 Å². The standard InChI is InChI=1S/C14H15N2OS/c1-13(2)8-9-14(3,16(13)17)12-15-10-6-4-5-7-11(10)18-12/h4-9H,1-3H3. The summed E-state index contributed by atoms with van der Waals surface area (Å²) in [6, 6.07) is 7.99. The molecule has 2 heterocycles. The number of hydrogen-bond acceptors (Lipinski definition) is 3. The van der Waals surface area contributed by atoms with E-state index in [1.165, 1.54) is 0 Å².